The maximum atomic E-state index is 12.3. The fourth-order valence-electron chi connectivity index (χ4n) is 2.66. The second-order valence-corrected chi connectivity index (χ2v) is 5.03. The molecule has 17 heavy (non-hydrogen) atoms. The lowest BCUT2D eigenvalue weighted by molar-refractivity contribution is 0.186. The van der Waals surface area contributed by atoms with Gasteiger partial charge in [0.1, 0.15) is 6.67 Å². The van der Waals surface area contributed by atoms with Gasteiger partial charge in [-0.15, -0.1) is 0 Å². The summed E-state index contributed by atoms with van der Waals surface area (Å²) >= 11 is 0. The van der Waals surface area contributed by atoms with Crippen molar-refractivity contribution in [1.82, 2.24) is 4.90 Å². The van der Waals surface area contributed by atoms with Crippen molar-refractivity contribution in [2.45, 2.75) is 26.2 Å². The normalized spacial score (nSPS) is 23.2. The highest BCUT2D eigenvalue weighted by Gasteiger charge is 2.20. The Bertz CT molecular complexity index is 333. The van der Waals surface area contributed by atoms with E-state index in [2.05, 4.69) is 36.1 Å². The molecule has 2 heteroatoms. The second-order valence-electron chi connectivity index (χ2n) is 5.03. The molecule has 0 N–H and O–H groups in total. The van der Waals surface area contributed by atoms with Crippen molar-refractivity contribution in [3.63, 3.8) is 0 Å². The first-order valence-corrected chi connectivity index (χ1v) is 6.63. The molecule has 0 aromatic carbocycles. The third-order valence-electron chi connectivity index (χ3n) is 3.79. The maximum absolute atomic E-state index is 12.3. The van der Waals surface area contributed by atoms with Crippen LogP contribution < -0.4 is 0 Å². The summed E-state index contributed by atoms with van der Waals surface area (Å²) in [6, 6.07) is 0. The summed E-state index contributed by atoms with van der Waals surface area (Å²) in [5.41, 5.74) is 2.84. The highest BCUT2D eigenvalue weighted by atomic mass is 19.1. The van der Waals surface area contributed by atoms with Gasteiger partial charge in [0.2, 0.25) is 0 Å². The van der Waals surface area contributed by atoms with E-state index in [0.29, 0.717) is 12.5 Å². The number of allylic oxidation sites excluding steroid dienone is 6. The van der Waals surface area contributed by atoms with Gasteiger partial charge in [0.05, 0.1) is 0 Å². The van der Waals surface area contributed by atoms with Crippen LogP contribution in [-0.2, 0) is 0 Å². The molecule has 0 aromatic rings. The minimum absolute atomic E-state index is 0.212. The Labute approximate surface area is 104 Å². The highest BCUT2D eigenvalue weighted by molar-refractivity contribution is 5.32. The minimum atomic E-state index is -0.212. The zero-order valence-electron chi connectivity index (χ0n) is 10.7. The third-order valence-corrected chi connectivity index (χ3v) is 3.79. The van der Waals surface area contributed by atoms with E-state index in [1.165, 1.54) is 24.0 Å². The molecule has 0 saturated carbocycles. The summed E-state index contributed by atoms with van der Waals surface area (Å²) in [6.07, 6.45) is 12.5. The predicted molar refractivity (Wildman–Crippen MR) is 70.7 cm³/mol. The smallest absolute Gasteiger partial charge is 0.102 e. The average Bonchev–Trinajstić information content (AvgIpc) is 2.56. The van der Waals surface area contributed by atoms with Gasteiger partial charge in [-0.1, -0.05) is 29.9 Å². The van der Waals surface area contributed by atoms with Gasteiger partial charge in [0.15, 0.2) is 0 Å². The molecule has 94 valence electrons. The molecule has 0 atom stereocenters. The molecule has 1 heterocycles. The van der Waals surface area contributed by atoms with E-state index in [4.69, 9.17) is 0 Å². The molecular formula is C15H22FN. The lowest BCUT2D eigenvalue weighted by Gasteiger charge is -2.31. The molecule has 2 rings (SSSR count). The first-order chi connectivity index (χ1) is 8.29. The second kappa shape index (κ2) is 6.15. The summed E-state index contributed by atoms with van der Waals surface area (Å²) in [6.45, 7) is 4.65. The minimum Gasteiger partial charge on any atom is -0.301 e. The van der Waals surface area contributed by atoms with Crippen molar-refractivity contribution < 1.29 is 4.39 Å². The number of nitrogens with zero attached hydrogens (tertiary/aromatic N) is 1. The molecule has 1 aliphatic heterocycles. The van der Waals surface area contributed by atoms with Crippen molar-refractivity contribution in [3.8, 4) is 0 Å². The Morgan fingerprint density at radius 3 is 2.71 bits per heavy atom. The van der Waals surface area contributed by atoms with E-state index in [0.717, 1.165) is 19.5 Å². The van der Waals surface area contributed by atoms with Crippen molar-refractivity contribution in [1.29, 1.82) is 0 Å². The molecule has 0 aromatic heterocycles. The van der Waals surface area contributed by atoms with Gasteiger partial charge >= 0.3 is 0 Å². The van der Waals surface area contributed by atoms with Gasteiger partial charge in [-0.05, 0) is 50.8 Å². The zero-order chi connectivity index (χ0) is 12.1. The number of piperidine rings is 1. The Morgan fingerprint density at radius 2 is 2.00 bits per heavy atom. The van der Waals surface area contributed by atoms with E-state index in [1.807, 2.05) is 0 Å². The van der Waals surface area contributed by atoms with Crippen LogP contribution in [-0.4, -0.2) is 31.2 Å². The van der Waals surface area contributed by atoms with Crippen LogP contribution >= 0.6 is 0 Å². The highest BCUT2D eigenvalue weighted by Crippen LogP contribution is 2.27. The Balaban J connectivity index is 1.89. The summed E-state index contributed by atoms with van der Waals surface area (Å²) in [7, 11) is 0. The van der Waals surface area contributed by atoms with Crippen LogP contribution in [0.1, 0.15) is 26.2 Å². The van der Waals surface area contributed by atoms with Crippen LogP contribution in [0.4, 0.5) is 4.39 Å². The molecule has 0 bridgehead atoms. The molecule has 1 saturated heterocycles. The van der Waals surface area contributed by atoms with Crippen LogP contribution in [0.15, 0.2) is 35.5 Å². The molecule has 0 unspecified atom stereocenters. The first-order valence-electron chi connectivity index (χ1n) is 6.63. The zero-order valence-corrected chi connectivity index (χ0v) is 10.7. The van der Waals surface area contributed by atoms with Crippen molar-refractivity contribution in [2.75, 3.05) is 26.3 Å². The molecule has 0 amide bonds. The number of halogens is 1. The standard InChI is InChI=1S/C15H22FN/c1-13-3-2-4-14(6-5-13)15-7-10-17(11-8-15)12-9-16/h3-6,15H,2,7-12H2,1H3. The lowest BCUT2D eigenvalue weighted by Crippen LogP contribution is -2.35. The van der Waals surface area contributed by atoms with Crippen LogP contribution in [0.3, 0.4) is 0 Å². The van der Waals surface area contributed by atoms with E-state index >= 15 is 0 Å². The molecule has 1 aliphatic carbocycles. The lowest BCUT2D eigenvalue weighted by atomic mass is 9.88. The SMILES string of the molecule is CC1=CCC=C(C2CCN(CCF)CC2)C=C1. The van der Waals surface area contributed by atoms with Gasteiger partial charge in [0.25, 0.3) is 0 Å². The van der Waals surface area contributed by atoms with Crippen molar-refractivity contribution in [2.24, 2.45) is 5.92 Å². The largest absolute Gasteiger partial charge is 0.301 e. The summed E-state index contributed by atoms with van der Waals surface area (Å²) in [5, 5.41) is 0. The van der Waals surface area contributed by atoms with E-state index in [-0.39, 0.29) is 6.67 Å². The number of rotatable bonds is 3. The molecule has 0 spiro atoms. The van der Waals surface area contributed by atoms with Gasteiger partial charge in [-0.2, -0.15) is 0 Å². The van der Waals surface area contributed by atoms with E-state index in [1.54, 1.807) is 0 Å². The number of hydrogen-bond acceptors (Lipinski definition) is 1. The molecule has 1 nitrogen and oxygen atoms in total. The van der Waals surface area contributed by atoms with Crippen LogP contribution in [0.2, 0.25) is 0 Å². The fourth-order valence-corrected chi connectivity index (χ4v) is 2.66. The maximum Gasteiger partial charge on any atom is 0.102 e. The van der Waals surface area contributed by atoms with Gasteiger partial charge < -0.3 is 4.90 Å². The van der Waals surface area contributed by atoms with Crippen molar-refractivity contribution in [3.05, 3.63) is 35.5 Å². The summed E-state index contributed by atoms with van der Waals surface area (Å²) in [4.78, 5) is 2.24. The average molecular weight is 235 g/mol. The van der Waals surface area contributed by atoms with Gasteiger partial charge in [-0.3, -0.25) is 0 Å². The van der Waals surface area contributed by atoms with Crippen molar-refractivity contribution >= 4 is 0 Å². The molecule has 0 radical (unpaired) electrons. The quantitative estimate of drug-likeness (QED) is 0.723. The third kappa shape index (κ3) is 3.53. The van der Waals surface area contributed by atoms with Gasteiger partial charge in [0, 0.05) is 6.54 Å². The first kappa shape index (κ1) is 12.6. The Morgan fingerprint density at radius 1 is 1.24 bits per heavy atom. The number of alkyl halides is 1. The topological polar surface area (TPSA) is 3.24 Å². The van der Waals surface area contributed by atoms with Crippen LogP contribution in [0.5, 0.6) is 0 Å². The van der Waals surface area contributed by atoms with Crippen LogP contribution in [0, 0.1) is 5.92 Å². The molecular weight excluding hydrogens is 213 g/mol. The predicted octanol–water partition coefficient (Wildman–Crippen LogP) is 3.50. The summed E-state index contributed by atoms with van der Waals surface area (Å²) < 4.78 is 12.3. The number of likely N-dealkylation sites (tertiary alicyclic amines) is 1. The van der Waals surface area contributed by atoms with E-state index < -0.39 is 0 Å². The Hall–Kier alpha value is -0.890. The fraction of sp³-hybridized carbons (Fsp3) is 0.600. The Kier molecular flexibility index (Phi) is 4.55. The van der Waals surface area contributed by atoms with E-state index in [9.17, 15) is 4.39 Å². The molecule has 2 aliphatic rings. The number of hydrogen-bond donors (Lipinski definition) is 0. The summed E-state index contributed by atoms with van der Waals surface area (Å²) in [5.74, 6) is 0.682. The van der Waals surface area contributed by atoms with Crippen LogP contribution in [0.25, 0.3) is 0 Å². The molecule has 1 fully saturated rings. The monoisotopic (exact) mass is 235 g/mol. The van der Waals surface area contributed by atoms with Gasteiger partial charge in [-0.25, -0.2) is 4.39 Å².